The van der Waals surface area contributed by atoms with Crippen LogP contribution in [0.25, 0.3) is 17.1 Å². The molecule has 0 aliphatic carbocycles. The summed E-state index contributed by atoms with van der Waals surface area (Å²) in [5, 5.41) is 19.8. The molecule has 0 atom stereocenters. The first-order valence-electron chi connectivity index (χ1n) is 9.90. The van der Waals surface area contributed by atoms with Crippen LogP contribution < -0.4 is 4.74 Å². The molecule has 7 nitrogen and oxygen atoms in total. The van der Waals surface area contributed by atoms with Crippen LogP contribution >= 0.6 is 11.8 Å². The van der Waals surface area contributed by atoms with E-state index in [-0.39, 0.29) is 11.4 Å². The molecule has 1 heterocycles. The summed E-state index contributed by atoms with van der Waals surface area (Å²) in [5.41, 5.74) is 0.703. The smallest absolute Gasteiger partial charge is 0.416 e. The average Bonchev–Trinajstić information content (AvgIpc) is 3.26. The first kappa shape index (κ1) is 23.3. The highest BCUT2D eigenvalue weighted by Gasteiger charge is 2.31. The van der Waals surface area contributed by atoms with Gasteiger partial charge < -0.3 is 4.74 Å². The second-order valence-corrected chi connectivity index (χ2v) is 8.08. The number of non-ortho nitro benzene ring substituents is 1. The second-order valence-electron chi connectivity index (χ2n) is 7.13. The van der Waals surface area contributed by atoms with Crippen LogP contribution in [0.2, 0.25) is 0 Å². The third-order valence-corrected chi connectivity index (χ3v) is 5.90. The standard InChI is InChI=1S/C23H17F3N4O3S/c1-33-20-10-8-16(9-11-20)21-27-28-22(34-14-15-4-2-7-19(12-15)30(31)32)29(21)18-6-3-5-17(13-18)23(24,25)26/h2-13H,14H2,1H3. The zero-order valence-corrected chi connectivity index (χ0v) is 18.5. The van der Waals surface area contributed by atoms with Crippen LogP contribution in [0.5, 0.6) is 5.75 Å². The molecule has 3 aromatic carbocycles. The van der Waals surface area contributed by atoms with Crippen LogP contribution in [-0.4, -0.2) is 26.8 Å². The number of rotatable bonds is 7. The molecule has 0 N–H and O–H groups in total. The maximum Gasteiger partial charge on any atom is 0.416 e. The number of hydrogen-bond donors (Lipinski definition) is 0. The molecule has 0 radical (unpaired) electrons. The number of nitrogens with zero attached hydrogens (tertiary/aromatic N) is 4. The van der Waals surface area contributed by atoms with Crippen molar-refractivity contribution in [3.63, 3.8) is 0 Å². The third kappa shape index (κ3) is 5.04. The van der Waals surface area contributed by atoms with Crippen molar-refractivity contribution in [3.8, 4) is 22.8 Å². The fourth-order valence-electron chi connectivity index (χ4n) is 3.25. The summed E-state index contributed by atoms with van der Waals surface area (Å²) in [5.74, 6) is 1.28. The van der Waals surface area contributed by atoms with Gasteiger partial charge in [-0.1, -0.05) is 30.0 Å². The molecule has 0 spiro atoms. The van der Waals surface area contributed by atoms with Crippen LogP contribution in [-0.2, 0) is 11.9 Å². The maximum atomic E-state index is 13.4. The first-order valence-corrected chi connectivity index (χ1v) is 10.9. The minimum atomic E-state index is -4.51. The lowest BCUT2D eigenvalue weighted by Crippen LogP contribution is -2.07. The predicted octanol–water partition coefficient (Wildman–Crippen LogP) is 6.16. The molecule has 4 aromatic rings. The van der Waals surface area contributed by atoms with Gasteiger partial charge in [0, 0.05) is 23.4 Å². The quantitative estimate of drug-likeness (QED) is 0.177. The lowest BCUT2D eigenvalue weighted by molar-refractivity contribution is -0.384. The van der Waals surface area contributed by atoms with E-state index in [9.17, 15) is 23.3 Å². The summed E-state index contributed by atoms with van der Waals surface area (Å²) < 4.78 is 46.8. The van der Waals surface area contributed by atoms with Crippen LogP contribution in [0.4, 0.5) is 18.9 Å². The minimum Gasteiger partial charge on any atom is -0.497 e. The monoisotopic (exact) mass is 486 g/mol. The van der Waals surface area contributed by atoms with Gasteiger partial charge in [0.1, 0.15) is 5.75 Å². The van der Waals surface area contributed by atoms with Gasteiger partial charge in [0.15, 0.2) is 11.0 Å². The Kier molecular flexibility index (Phi) is 6.55. The molecule has 0 fully saturated rings. The van der Waals surface area contributed by atoms with E-state index in [4.69, 9.17) is 4.74 Å². The molecule has 0 amide bonds. The zero-order valence-electron chi connectivity index (χ0n) is 17.7. The van der Waals surface area contributed by atoms with Crippen LogP contribution in [0, 0.1) is 10.1 Å². The van der Waals surface area contributed by atoms with Crippen molar-refractivity contribution in [2.45, 2.75) is 17.1 Å². The summed E-state index contributed by atoms with van der Waals surface area (Å²) in [6, 6.07) is 18.0. The summed E-state index contributed by atoms with van der Waals surface area (Å²) in [6.07, 6.45) is -4.51. The number of benzene rings is 3. The minimum absolute atomic E-state index is 0.0450. The molecule has 0 saturated carbocycles. The molecule has 1 aromatic heterocycles. The van der Waals surface area contributed by atoms with E-state index in [1.54, 1.807) is 47.0 Å². The first-order chi connectivity index (χ1) is 16.3. The van der Waals surface area contributed by atoms with Crippen LogP contribution in [0.3, 0.4) is 0 Å². The fraction of sp³-hybridized carbons (Fsp3) is 0.130. The molecule has 0 aliphatic heterocycles. The van der Waals surface area contributed by atoms with E-state index in [0.717, 1.165) is 12.1 Å². The molecule has 174 valence electrons. The van der Waals surface area contributed by atoms with Gasteiger partial charge in [0.25, 0.3) is 5.69 Å². The molecule has 0 bridgehead atoms. The van der Waals surface area contributed by atoms with Crippen molar-refractivity contribution in [1.82, 2.24) is 14.8 Å². The summed E-state index contributed by atoms with van der Waals surface area (Å²) >= 11 is 1.21. The number of thioether (sulfide) groups is 1. The Morgan fingerprint density at radius 1 is 1.03 bits per heavy atom. The molecule has 34 heavy (non-hydrogen) atoms. The van der Waals surface area contributed by atoms with Crippen LogP contribution in [0.1, 0.15) is 11.1 Å². The lowest BCUT2D eigenvalue weighted by atomic mass is 10.1. The number of nitro benzene ring substituents is 1. The SMILES string of the molecule is COc1ccc(-c2nnc(SCc3cccc([N+](=O)[O-])c3)n2-c2cccc(C(F)(F)F)c2)cc1. The Labute approximate surface area is 196 Å². The molecule has 11 heteroatoms. The highest BCUT2D eigenvalue weighted by atomic mass is 32.2. The second kappa shape index (κ2) is 9.56. The lowest BCUT2D eigenvalue weighted by Gasteiger charge is -2.13. The molecular weight excluding hydrogens is 469 g/mol. The number of ether oxygens (including phenoxy) is 1. The molecule has 0 aliphatic rings. The average molecular weight is 486 g/mol. The predicted molar refractivity (Wildman–Crippen MR) is 121 cm³/mol. The Morgan fingerprint density at radius 2 is 1.76 bits per heavy atom. The number of hydrogen-bond acceptors (Lipinski definition) is 6. The van der Waals surface area contributed by atoms with Gasteiger partial charge in [0.2, 0.25) is 0 Å². The highest BCUT2D eigenvalue weighted by molar-refractivity contribution is 7.98. The Morgan fingerprint density at radius 3 is 2.44 bits per heavy atom. The van der Waals surface area contributed by atoms with Gasteiger partial charge in [-0.2, -0.15) is 13.2 Å². The number of methoxy groups -OCH3 is 1. The Bertz CT molecular complexity index is 1320. The van der Waals surface area contributed by atoms with E-state index in [1.165, 1.54) is 37.1 Å². The van der Waals surface area contributed by atoms with Crippen molar-refractivity contribution in [3.05, 3.63) is 94.0 Å². The van der Waals surface area contributed by atoms with E-state index in [2.05, 4.69) is 10.2 Å². The zero-order chi connectivity index (χ0) is 24.3. The Balaban J connectivity index is 1.75. The molecular formula is C23H17F3N4O3S. The van der Waals surface area contributed by atoms with Gasteiger partial charge in [-0.25, -0.2) is 0 Å². The fourth-order valence-corrected chi connectivity index (χ4v) is 4.15. The normalized spacial score (nSPS) is 11.4. The van der Waals surface area contributed by atoms with E-state index >= 15 is 0 Å². The topological polar surface area (TPSA) is 83.1 Å². The third-order valence-electron chi connectivity index (χ3n) is 4.90. The Hall–Kier alpha value is -3.86. The number of halogens is 3. The van der Waals surface area contributed by atoms with Crippen molar-refractivity contribution >= 4 is 17.4 Å². The largest absolute Gasteiger partial charge is 0.497 e. The molecule has 4 rings (SSSR count). The van der Waals surface area contributed by atoms with E-state index < -0.39 is 16.7 Å². The summed E-state index contributed by atoms with van der Waals surface area (Å²) in [7, 11) is 1.53. The van der Waals surface area contributed by atoms with E-state index in [1.807, 2.05) is 0 Å². The van der Waals surface area contributed by atoms with Crippen molar-refractivity contribution < 1.29 is 22.8 Å². The van der Waals surface area contributed by atoms with Gasteiger partial charge in [-0.05, 0) is 48.0 Å². The van der Waals surface area contributed by atoms with Crippen LogP contribution in [0.15, 0.2) is 78.0 Å². The van der Waals surface area contributed by atoms with Gasteiger partial charge in [-0.3, -0.25) is 14.7 Å². The molecule has 0 saturated heterocycles. The van der Waals surface area contributed by atoms with Gasteiger partial charge in [-0.15, -0.1) is 10.2 Å². The maximum absolute atomic E-state index is 13.4. The van der Waals surface area contributed by atoms with Crippen molar-refractivity contribution in [2.75, 3.05) is 7.11 Å². The van der Waals surface area contributed by atoms with E-state index in [0.29, 0.717) is 33.6 Å². The van der Waals surface area contributed by atoms with Gasteiger partial charge in [0.05, 0.1) is 23.3 Å². The number of nitro groups is 1. The number of aromatic nitrogens is 3. The molecule has 0 unspecified atom stereocenters. The number of alkyl halides is 3. The highest BCUT2D eigenvalue weighted by Crippen LogP contribution is 2.34. The van der Waals surface area contributed by atoms with Crippen molar-refractivity contribution in [2.24, 2.45) is 0 Å². The van der Waals surface area contributed by atoms with Crippen molar-refractivity contribution in [1.29, 1.82) is 0 Å². The summed E-state index contributed by atoms with van der Waals surface area (Å²) in [6.45, 7) is 0. The summed E-state index contributed by atoms with van der Waals surface area (Å²) in [4.78, 5) is 10.6. The van der Waals surface area contributed by atoms with Gasteiger partial charge >= 0.3 is 6.18 Å².